The molecule has 1 atom stereocenters. The van der Waals surface area contributed by atoms with Crippen molar-refractivity contribution in [2.24, 2.45) is 5.10 Å². The van der Waals surface area contributed by atoms with Crippen LogP contribution in [0, 0.1) is 17.0 Å². The number of hydrazone groups is 1. The van der Waals surface area contributed by atoms with Gasteiger partial charge in [-0.3, -0.25) is 10.1 Å². The van der Waals surface area contributed by atoms with Crippen molar-refractivity contribution in [3.63, 3.8) is 0 Å². The fourth-order valence-electron chi connectivity index (χ4n) is 3.58. The molecule has 0 amide bonds. The van der Waals surface area contributed by atoms with Gasteiger partial charge in [-0.25, -0.2) is 0 Å². The summed E-state index contributed by atoms with van der Waals surface area (Å²) in [5.41, 5.74) is 2.65. The predicted molar refractivity (Wildman–Crippen MR) is 120 cm³/mol. The van der Waals surface area contributed by atoms with E-state index in [1.165, 1.54) is 24.3 Å². The van der Waals surface area contributed by atoms with E-state index < -0.39 is 21.0 Å². The summed E-state index contributed by atoms with van der Waals surface area (Å²) in [6.07, 6.45) is 0.276. The molecule has 1 aliphatic heterocycles. The Morgan fingerprint density at radius 2 is 1.75 bits per heavy atom. The van der Waals surface area contributed by atoms with Crippen molar-refractivity contribution in [3.05, 3.63) is 99.6 Å². The number of nitro benzene ring substituents is 1. The summed E-state index contributed by atoms with van der Waals surface area (Å²) in [5, 5.41) is 15.7. The molecule has 0 aromatic heterocycles. The Morgan fingerprint density at radius 1 is 1.06 bits per heavy atom. The Hall–Kier alpha value is -3.72. The van der Waals surface area contributed by atoms with Gasteiger partial charge < -0.3 is 4.74 Å². The number of non-ortho nitro benzene ring substituents is 1. The van der Waals surface area contributed by atoms with Gasteiger partial charge >= 0.3 is 0 Å². The molecule has 0 unspecified atom stereocenters. The molecular weight excluding hydrogens is 430 g/mol. The van der Waals surface area contributed by atoms with Crippen LogP contribution in [0.5, 0.6) is 5.75 Å². The summed E-state index contributed by atoms with van der Waals surface area (Å²) >= 11 is 0. The number of nitrogens with zero attached hydrogens (tertiary/aromatic N) is 3. The second-order valence-electron chi connectivity index (χ2n) is 7.44. The Morgan fingerprint density at radius 3 is 2.38 bits per heavy atom. The number of aryl methyl sites for hydroxylation is 1. The number of hydrogen-bond acceptors (Lipinski definition) is 6. The average Bonchev–Trinajstić information content (AvgIpc) is 3.26. The molecule has 164 valence electrons. The maximum atomic E-state index is 13.5. The van der Waals surface area contributed by atoms with Gasteiger partial charge in [0.25, 0.3) is 15.7 Å². The van der Waals surface area contributed by atoms with E-state index in [-0.39, 0.29) is 17.0 Å². The molecule has 3 aromatic carbocycles. The molecule has 9 heteroatoms. The van der Waals surface area contributed by atoms with E-state index >= 15 is 0 Å². The molecular formula is C23H21N3O5S. The molecule has 3 aromatic rings. The van der Waals surface area contributed by atoms with Crippen molar-refractivity contribution in [1.82, 2.24) is 4.41 Å². The maximum Gasteiger partial charge on any atom is 0.279 e. The van der Waals surface area contributed by atoms with Gasteiger partial charge in [-0.1, -0.05) is 29.8 Å². The molecule has 0 N–H and O–H groups in total. The van der Waals surface area contributed by atoms with Gasteiger partial charge in [0.05, 0.1) is 28.7 Å². The molecule has 0 radical (unpaired) electrons. The van der Waals surface area contributed by atoms with E-state index in [9.17, 15) is 18.5 Å². The van der Waals surface area contributed by atoms with Crippen LogP contribution >= 0.6 is 0 Å². The number of rotatable bonds is 6. The zero-order chi connectivity index (χ0) is 22.9. The summed E-state index contributed by atoms with van der Waals surface area (Å²) in [6, 6.07) is 19.0. The molecule has 32 heavy (non-hydrogen) atoms. The third kappa shape index (κ3) is 4.06. The number of hydrogen-bond donors (Lipinski definition) is 0. The summed E-state index contributed by atoms with van der Waals surface area (Å²) < 4.78 is 33.2. The van der Waals surface area contributed by atoms with Gasteiger partial charge in [0.1, 0.15) is 5.75 Å². The van der Waals surface area contributed by atoms with E-state index in [0.29, 0.717) is 17.0 Å². The lowest BCUT2D eigenvalue weighted by molar-refractivity contribution is -0.384. The SMILES string of the molecule is COc1ccc(C2=NN(S(=O)(=O)c3ccc(C)cc3)[C@@H](c3cccc([N+](=O)[O-])c3)C2)cc1. The maximum absolute atomic E-state index is 13.5. The van der Waals surface area contributed by atoms with Crippen molar-refractivity contribution in [1.29, 1.82) is 0 Å². The van der Waals surface area contributed by atoms with Crippen molar-refractivity contribution < 1.29 is 18.1 Å². The van der Waals surface area contributed by atoms with E-state index in [2.05, 4.69) is 5.10 Å². The fourth-order valence-corrected chi connectivity index (χ4v) is 5.01. The summed E-state index contributed by atoms with van der Waals surface area (Å²) in [6.45, 7) is 1.87. The van der Waals surface area contributed by atoms with Crippen LogP contribution in [-0.4, -0.2) is 30.6 Å². The lowest BCUT2D eigenvalue weighted by Crippen LogP contribution is -2.27. The van der Waals surface area contributed by atoms with Crippen LogP contribution < -0.4 is 4.74 Å². The highest BCUT2D eigenvalue weighted by atomic mass is 32.2. The fraction of sp³-hybridized carbons (Fsp3) is 0.174. The highest BCUT2D eigenvalue weighted by Crippen LogP contribution is 2.38. The van der Waals surface area contributed by atoms with Crippen LogP contribution in [0.1, 0.15) is 29.2 Å². The molecule has 1 aliphatic rings. The van der Waals surface area contributed by atoms with E-state index in [1.807, 2.05) is 19.1 Å². The molecule has 1 heterocycles. The van der Waals surface area contributed by atoms with Gasteiger partial charge in [0, 0.05) is 18.6 Å². The number of ether oxygens (including phenoxy) is 1. The Labute approximate surface area is 186 Å². The lowest BCUT2D eigenvalue weighted by atomic mass is 9.99. The molecule has 0 spiro atoms. The summed E-state index contributed by atoms with van der Waals surface area (Å²) in [7, 11) is -2.42. The number of methoxy groups -OCH3 is 1. The summed E-state index contributed by atoms with van der Waals surface area (Å²) in [4.78, 5) is 10.9. The summed E-state index contributed by atoms with van der Waals surface area (Å²) in [5.74, 6) is 0.673. The second-order valence-corrected chi connectivity index (χ2v) is 9.23. The molecule has 8 nitrogen and oxygen atoms in total. The van der Waals surface area contributed by atoms with Gasteiger partial charge in [-0.15, -0.1) is 0 Å². The van der Waals surface area contributed by atoms with Crippen molar-refractivity contribution >= 4 is 21.4 Å². The second kappa shape index (κ2) is 8.43. The van der Waals surface area contributed by atoms with Crippen LogP contribution in [0.25, 0.3) is 0 Å². The van der Waals surface area contributed by atoms with Crippen LogP contribution in [0.3, 0.4) is 0 Å². The van der Waals surface area contributed by atoms with Crippen molar-refractivity contribution in [2.45, 2.75) is 24.3 Å². The first kappa shape index (κ1) is 21.5. The first-order valence-corrected chi connectivity index (χ1v) is 11.3. The largest absolute Gasteiger partial charge is 0.497 e. The van der Waals surface area contributed by atoms with Crippen LogP contribution in [0.4, 0.5) is 5.69 Å². The highest BCUT2D eigenvalue weighted by Gasteiger charge is 2.38. The third-order valence-corrected chi connectivity index (χ3v) is 7.02. The van der Waals surface area contributed by atoms with Crippen molar-refractivity contribution in [3.8, 4) is 5.75 Å². The smallest absolute Gasteiger partial charge is 0.279 e. The quantitative estimate of drug-likeness (QED) is 0.407. The molecule has 0 saturated heterocycles. The molecule has 0 aliphatic carbocycles. The average molecular weight is 452 g/mol. The van der Waals surface area contributed by atoms with Crippen LogP contribution in [0.2, 0.25) is 0 Å². The molecule has 0 bridgehead atoms. The minimum atomic E-state index is -3.99. The van der Waals surface area contributed by atoms with Crippen LogP contribution in [-0.2, 0) is 10.0 Å². The van der Waals surface area contributed by atoms with Gasteiger partial charge in [0.15, 0.2) is 0 Å². The number of sulfonamides is 1. The minimum Gasteiger partial charge on any atom is -0.497 e. The Balaban J connectivity index is 1.80. The first-order valence-electron chi connectivity index (χ1n) is 9.87. The number of benzene rings is 3. The Kier molecular flexibility index (Phi) is 5.67. The van der Waals surface area contributed by atoms with Crippen molar-refractivity contribution in [2.75, 3.05) is 7.11 Å². The number of nitro groups is 1. The standard InChI is InChI=1S/C23H21N3O5S/c1-16-6-12-21(13-7-16)32(29,30)25-23(18-4-3-5-19(14-18)26(27)28)15-22(24-25)17-8-10-20(31-2)11-9-17/h3-14,23H,15H2,1-2H3/t23-/m1/s1. The van der Waals surface area contributed by atoms with E-state index in [1.54, 1.807) is 43.5 Å². The predicted octanol–water partition coefficient (Wildman–Crippen LogP) is 4.45. The topological polar surface area (TPSA) is 102 Å². The highest BCUT2D eigenvalue weighted by molar-refractivity contribution is 7.89. The van der Waals surface area contributed by atoms with Gasteiger partial charge in [-0.05, 0) is 54.4 Å². The normalized spacial score (nSPS) is 16.0. The minimum absolute atomic E-state index is 0.104. The molecule has 4 rings (SSSR count). The zero-order valence-electron chi connectivity index (χ0n) is 17.5. The molecule has 0 saturated carbocycles. The van der Waals surface area contributed by atoms with Crippen LogP contribution in [0.15, 0.2) is 82.8 Å². The first-order chi connectivity index (χ1) is 15.3. The lowest BCUT2D eigenvalue weighted by Gasteiger charge is -2.23. The van der Waals surface area contributed by atoms with Gasteiger partial charge in [0.2, 0.25) is 0 Å². The van der Waals surface area contributed by atoms with Gasteiger partial charge in [-0.2, -0.15) is 17.9 Å². The molecule has 0 fully saturated rings. The Bertz CT molecular complexity index is 1290. The zero-order valence-corrected chi connectivity index (χ0v) is 18.3. The van der Waals surface area contributed by atoms with E-state index in [0.717, 1.165) is 15.5 Å². The van der Waals surface area contributed by atoms with E-state index in [4.69, 9.17) is 4.74 Å². The third-order valence-electron chi connectivity index (χ3n) is 5.33. The monoisotopic (exact) mass is 451 g/mol.